The molecule has 368 valence electrons. The highest BCUT2D eigenvalue weighted by atomic mass is 16.6. The highest BCUT2D eigenvalue weighted by Crippen LogP contribution is 2.34. The third kappa shape index (κ3) is 15.2. The molecule has 0 atom stereocenters. The van der Waals surface area contributed by atoms with Crippen molar-refractivity contribution in [2.24, 2.45) is 23.7 Å². The van der Waals surface area contributed by atoms with Gasteiger partial charge in [-0.25, -0.2) is 4.79 Å². The molecule has 15 nitrogen and oxygen atoms in total. The van der Waals surface area contributed by atoms with Crippen LogP contribution in [0.4, 0.5) is 22.7 Å². The minimum Gasteiger partial charge on any atom is -0.491 e. The molecule has 0 bridgehead atoms. The Labute approximate surface area is 401 Å². The van der Waals surface area contributed by atoms with Crippen LogP contribution in [-0.4, -0.2) is 62.2 Å². The van der Waals surface area contributed by atoms with Gasteiger partial charge >= 0.3 is 11.7 Å². The summed E-state index contributed by atoms with van der Waals surface area (Å²) in [5, 5.41) is 20.6. The van der Waals surface area contributed by atoms with Gasteiger partial charge in [0.05, 0.1) is 61.1 Å². The van der Waals surface area contributed by atoms with Crippen molar-refractivity contribution < 1.29 is 47.8 Å². The zero-order valence-corrected chi connectivity index (χ0v) is 41.2. The number of nitrogens with zero attached hydrogens (tertiary/aromatic N) is 1. The maximum absolute atomic E-state index is 14.1. The number of hydrogen-bond acceptors (Lipinski definition) is 11. The Morgan fingerprint density at radius 2 is 0.735 bits per heavy atom. The van der Waals surface area contributed by atoms with Crippen LogP contribution in [0.1, 0.15) is 148 Å². The quantitative estimate of drug-likeness (QED) is 0.0279. The molecule has 0 aromatic heterocycles. The molecule has 0 heterocycles. The van der Waals surface area contributed by atoms with E-state index in [9.17, 15) is 29.3 Å². The Bertz CT molecular complexity index is 2320. The van der Waals surface area contributed by atoms with Gasteiger partial charge in [-0.2, -0.15) is 0 Å². The minimum absolute atomic E-state index is 0.00193. The lowest BCUT2D eigenvalue weighted by Gasteiger charge is -2.19. The number of carbonyl (C=O) groups is 4. The van der Waals surface area contributed by atoms with Crippen molar-refractivity contribution in [1.82, 2.24) is 0 Å². The molecule has 0 spiro atoms. The number of rotatable bonds is 28. The third-order valence-corrected chi connectivity index (χ3v) is 12.6. The predicted molar refractivity (Wildman–Crippen MR) is 266 cm³/mol. The van der Waals surface area contributed by atoms with Crippen molar-refractivity contribution in [3.05, 3.63) is 105 Å². The molecular formula is C53H70N4O11. The monoisotopic (exact) mass is 939 g/mol. The molecule has 0 aliphatic rings. The van der Waals surface area contributed by atoms with Gasteiger partial charge in [-0.05, 0) is 84.3 Å². The molecule has 0 saturated heterocycles. The molecule has 0 fully saturated rings. The van der Waals surface area contributed by atoms with Crippen LogP contribution in [-0.2, 0) is 4.74 Å². The van der Waals surface area contributed by atoms with Crippen LogP contribution in [0.5, 0.6) is 23.0 Å². The molecule has 4 aromatic carbocycles. The second kappa shape index (κ2) is 27.2. The molecule has 3 amide bonds. The fourth-order valence-corrected chi connectivity index (χ4v) is 7.20. The van der Waals surface area contributed by atoms with Crippen molar-refractivity contribution in [3.8, 4) is 23.0 Å². The Balaban J connectivity index is 1.65. The molecule has 15 heteroatoms. The van der Waals surface area contributed by atoms with Gasteiger partial charge in [-0.15, -0.1) is 0 Å². The van der Waals surface area contributed by atoms with Crippen LogP contribution in [0.15, 0.2) is 72.8 Å². The van der Waals surface area contributed by atoms with E-state index >= 15 is 0 Å². The lowest BCUT2D eigenvalue weighted by molar-refractivity contribution is -0.385. The van der Waals surface area contributed by atoms with E-state index in [1.165, 1.54) is 25.3 Å². The van der Waals surface area contributed by atoms with Crippen molar-refractivity contribution in [2.45, 2.75) is 107 Å². The number of esters is 1. The summed E-state index contributed by atoms with van der Waals surface area (Å²) >= 11 is 0. The maximum atomic E-state index is 14.1. The smallest absolute Gasteiger partial charge is 0.337 e. The zero-order chi connectivity index (χ0) is 49.8. The summed E-state index contributed by atoms with van der Waals surface area (Å²) in [5.41, 5.74) is 1.64. The number of nitro benzene ring substituents is 1. The average molecular weight is 939 g/mol. The largest absolute Gasteiger partial charge is 0.491 e. The van der Waals surface area contributed by atoms with Crippen LogP contribution < -0.4 is 34.9 Å². The van der Waals surface area contributed by atoms with Crippen LogP contribution in [0.2, 0.25) is 0 Å². The van der Waals surface area contributed by atoms with Crippen LogP contribution in [0.25, 0.3) is 0 Å². The molecule has 0 saturated carbocycles. The van der Waals surface area contributed by atoms with E-state index < -0.39 is 28.6 Å². The van der Waals surface area contributed by atoms with Crippen LogP contribution in [0, 0.1) is 33.8 Å². The Kier molecular flexibility index (Phi) is 21.6. The fraction of sp³-hybridized carbons (Fsp3) is 0.472. The average Bonchev–Trinajstić information content (AvgIpc) is 3.35. The summed E-state index contributed by atoms with van der Waals surface area (Å²) in [5.74, 6) is -0.291. The first kappa shape index (κ1) is 54.0. The normalized spacial score (nSPS) is 11.1. The lowest BCUT2D eigenvalue weighted by atomic mass is 10.1. The summed E-state index contributed by atoms with van der Waals surface area (Å²) in [7, 11) is 1.30. The predicted octanol–water partition coefficient (Wildman–Crippen LogP) is 12.4. The van der Waals surface area contributed by atoms with Gasteiger partial charge in [0.1, 0.15) is 17.2 Å². The number of hydrogen-bond donors (Lipinski definition) is 3. The van der Waals surface area contributed by atoms with Crippen molar-refractivity contribution >= 4 is 46.4 Å². The van der Waals surface area contributed by atoms with Gasteiger partial charge in [0.2, 0.25) is 0 Å². The number of nitro groups is 1. The first-order valence-electron chi connectivity index (χ1n) is 24.0. The standard InChI is InChI=1S/C53H70N4O11/c1-10-34(11-2)30-65-46-27-39(51(59)56-44-24-20-41(53(61)64-9)29-48(44)67-32-36(14-5)15-6)18-22-42(46)54-50(58)38-19-23-43(47(26-38)66-31-35(12-3)13-4)55-52(60)40-21-25-45(57(62)63)49(28-40)68-33-37(16-7)17-8/h18-29,34-37H,10-17,30-33H2,1-9H3,(H,54,58)(H,55,60)(H,56,59). The highest BCUT2D eigenvalue weighted by molar-refractivity contribution is 6.09. The number of carbonyl (C=O) groups excluding carboxylic acids is 4. The molecule has 68 heavy (non-hydrogen) atoms. The molecule has 0 unspecified atom stereocenters. The summed E-state index contributed by atoms with van der Waals surface area (Å²) in [6.07, 6.45) is 6.90. The molecule has 0 aliphatic carbocycles. The second-order valence-electron chi connectivity index (χ2n) is 16.9. The van der Waals surface area contributed by atoms with Gasteiger partial charge in [-0.1, -0.05) is 107 Å². The fourth-order valence-electron chi connectivity index (χ4n) is 7.20. The third-order valence-electron chi connectivity index (χ3n) is 12.6. The Morgan fingerprint density at radius 3 is 1.04 bits per heavy atom. The number of anilines is 3. The van der Waals surface area contributed by atoms with E-state index in [1.54, 1.807) is 54.6 Å². The Morgan fingerprint density at radius 1 is 0.456 bits per heavy atom. The summed E-state index contributed by atoms with van der Waals surface area (Å²) in [6.45, 7) is 17.8. The van der Waals surface area contributed by atoms with Gasteiger partial charge in [-0.3, -0.25) is 24.5 Å². The van der Waals surface area contributed by atoms with E-state index in [2.05, 4.69) is 57.5 Å². The topological polar surface area (TPSA) is 194 Å². The molecule has 4 rings (SSSR count). The number of amides is 3. The Hall–Kier alpha value is -6.64. The number of benzene rings is 4. The van der Waals surface area contributed by atoms with E-state index in [-0.39, 0.29) is 75.5 Å². The first-order valence-corrected chi connectivity index (χ1v) is 24.0. The summed E-state index contributed by atoms with van der Waals surface area (Å²) in [4.78, 5) is 65.4. The van der Waals surface area contributed by atoms with Gasteiger partial charge in [0.25, 0.3) is 17.7 Å². The molecule has 0 aliphatic heterocycles. The van der Waals surface area contributed by atoms with Gasteiger partial charge < -0.3 is 39.6 Å². The van der Waals surface area contributed by atoms with E-state index in [0.717, 1.165) is 51.4 Å². The second-order valence-corrected chi connectivity index (χ2v) is 16.9. The molecule has 3 N–H and O–H groups in total. The van der Waals surface area contributed by atoms with E-state index in [1.807, 2.05) is 13.8 Å². The number of nitrogens with one attached hydrogen (secondary N) is 3. The maximum Gasteiger partial charge on any atom is 0.337 e. The number of ether oxygens (including phenoxy) is 5. The zero-order valence-electron chi connectivity index (χ0n) is 41.2. The summed E-state index contributed by atoms with van der Waals surface area (Å²) in [6, 6.07) is 18.1. The molecule has 0 radical (unpaired) electrons. The SMILES string of the molecule is CCC(CC)COc1cc(C(=O)Nc2ccc(C(=O)OC)cc2OCC(CC)CC)ccc1NC(=O)c1ccc(NC(=O)c2ccc([N+](=O)[O-])c(OCC(CC)CC)c2)c(OCC(CC)CC)c1. The van der Waals surface area contributed by atoms with Crippen molar-refractivity contribution in [1.29, 1.82) is 0 Å². The van der Waals surface area contributed by atoms with Crippen LogP contribution in [0.3, 0.4) is 0 Å². The number of methoxy groups -OCH3 is 1. The van der Waals surface area contributed by atoms with Crippen molar-refractivity contribution in [3.63, 3.8) is 0 Å². The van der Waals surface area contributed by atoms with Gasteiger partial charge in [0.15, 0.2) is 5.75 Å². The van der Waals surface area contributed by atoms with Crippen LogP contribution >= 0.6 is 0 Å². The molecular weight excluding hydrogens is 869 g/mol. The first-order chi connectivity index (χ1) is 32.7. The highest BCUT2D eigenvalue weighted by Gasteiger charge is 2.23. The lowest BCUT2D eigenvalue weighted by Crippen LogP contribution is -2.18. The van der Waals surface area contributed by atoms with Crippen molar-refractivity contribution in [2.75, 3.05) is 49.5 Å². The minimum atomic E-state index is -0.552. The van der Waals surface area contributed by atoms with E-state index in [4.69, 9.17) is 23.7 Å². The van der Waals surface area contributed by atoms with Gasteiger partial charge in [0, 0.05) is 28.8 Å². The summed E-state index contributed by atoms with van der Waals surface area (Å²) < 4.78 is 29.6. The molecule has 4 aromatic rings. The van der Waals surface area contributed by atoms with E-state index in [0.29, 0.717) is 42.6 Å².